The summed E-state index contributed by atoms with van der Waals surface area (Å²) in [6, 6.07) is 13.0. The van der Waals surface area contributed by atoms with Gasteiger partial charge in [0.25, 0.3) is 0 Å². The van der Waals surface area contributed by atoms with E-state index in [2.05, 4.69) is 27.7 Å². The Balaban J connectivity index is 2.35. The molecule has 94 valence electrons. The molecular weight excluding hydrogens is 355 g/mol. The lowest BCUT2D eigenvalue weighted by atomic mass is 10.1. The van der Waals surface area contributed by atoms with Crippen LogP contribution in [0.3, 0.4) is 0 Å². The van der Waals surface area contributed by atoms with Crippen molar-refractivity contribution in [1.29, 1.82) is 0 Å². The topological polar surface area (TPSA) is 54.6 Å². The molecule has 19 heavy (non-hydrogen) atoms. The van der Waals surface area contributed by atoms with Crippen molar-refractivity contribution in [3.63, 3.8) is 0 Å². The molecule has 3 rings (SSSR count). The van der Waals surface area contributed by atoms with E-state index in [4.69, 9.17) is 0 Å². The Kier molecular flexibility index (Phi) is 2.98. The number of benzene rings is 1. The van der Waals surface area contributed by atoms with Gasteiger partial charge in [-0.2, -0.15) is 5.10 Å². The molecule has 0 atom stereocenters. The molecule has 0 aliphatic rings. The first-order valence-corrected chi connectivity index (χ1v) is 6.71. The van der Waals surface area contributed by atoms with Crippen molar-refractivity contribution >= 4 is 34.1 Å². The minimum absolute atomic E-state index is 0.239. The second-order valence-electron chi connectivity index (χ2n) is 4.07. The predicted molar refractivity (Wildman–Crippen MR) is 80.3 cm³/mol. The maximum absolute atomic E-state index is 11.5. The number of pyridine rings is 1. The third kappa shape index (κ3) is 2.10. The molecule has 2 aromatic heterocycles. The van der Waals surface area contributed by atoms with Gasteiger partial charge in [0, 0.05) is 15.3 Å². The van der Waals surface area contributed by atoms with Gasteiger partial charge in [0.1, 0.15) is 11.3 Å². The van der Waals surface area contributed by atoms with E-state index in [9.17, 15) is 9.90 Å². The molecule has 5 heteroatoms. The SMILES string of the molecule is O=C(O)c1c(-c2ccccc2)nn2cc(I)ccc12. The summed E-state index contributed by atoms with van der Waals surface area (Å²) >= 11 is 2.17. The van der Waals surface area contributed by atoms with Gasteiger partial charge in [-0.25, -0.2) is 9.31 Å². The lowest BCUT2D eigenvalue weighted by molar-refractivity contribution is 0.0700. The zero-order valence-corrected chi connectivity index (χ0v) is 11.9. The first-order valence-electron chi connectivity index (χ1n) is 5.63. The van der Waals surface area contributed by atoms with Gasteiger partial charge < -0.3 is 5.11 Å². The number of rotatable bonds is 2. The van der Waals surface area contributed by atoms with Crippen LogP contribution in [0.4, 0.5) is 0 Å². The third-order valence-electron chi connectivity index (χ3n) is 2.85. The fourth-order valence-electron chi connectivity index (χ4n) is 2.03. The van der Waals surface area contributed by atoms with Crippen molar-refractivity contribution in [1.82, 2.24) is 9.61 Å². The van der Waals surface area contributed by atoms with Gasteiger partial charge in [0.15, 0.2) is 0 Å². The van der Waals surface area contributed by atoms with Crippen LogP contribution < -0.4 is 0 Å². The van der Waals surface area contributed by atoms with Crippen LogP contribution in [0, 0.1) is 3.57 Å². The average molecular weight is 364 g/mol. The molecule has 3 aromatic rings. The molecule has 0 aliphatic heterocycles. The van der Waals surface area contributed by atoms with Crippen LogP contribution >= 0.6 is 22.6 Å². The van der Waals surface area contributed by atoms with E-state index in [1.165, 1.54) is 0 Å². The fourth-order valence-corrected chi connectivity index (χ4v) is 2.48. The van der Waals surface area contributed by atoms with Crippen LogP contribution in [0.1, 0.15) is 10.4 Å². The first kappa shape index (κ1) is 12.2. The standard InChI is InChI=1S/C14H9IN2O2/c15-10-6-7-11-12(14(18)19)13(16-17(11)8-10)9-4-2-1-3-5-9/h1-8H,(H,18,19). The van der Waals surface area contributed by atoms with Crippen LogP contribution in [0.5, 0.6) is 0 Å². The van der Waals surface area contributed by atoms with Gasteiger partial charge in [-0.05, 0) is 34.7 Å². The second-order valence-corrected chi connectivity index (χ2v) is 5.32. The average Bonchev–Trinajstić information content (AvgIpc) is 2.78. The van der Waals surface area contributed by atoms with E-state index in [0.29, 0.717) is 11.2 Å². The van der Waals surface area contributed by atoms with Crippen molar-refractivity contribution < 1.29 is 9.90 Å². The van der Waals surface area contributed by atoms with Crippen molar-refractivity contribution in [3.8, 4) is 11.3 Å². The van der Waals surface area contributed by atoms with Gasteiger partial charge in [0.2, 0.25) is 0 Å². The summed E-state index contributed by atoms with van der Waals surface area (Å²) in [5.41, 5.74) is 2.14. The summed E-state index contributed by atoms with van der Waals surface area (Å²) in [7, 11) is 0. The van der Waals surface area contributed by atoms with Crippen molar-refractivity contribution in [2.24, 2.45) is 0 Å². The highest BCUT2D eigenvalue weighted by atomic mass is 127. The number of carboxylic acid groups (broad SMARTS) is 1. The van der Waals surface area contributed by atoms with E-state index in [1.807, 2.05) is 42.6 Å². The number of aromatic nitrogens is 2. The minimum atomic E-state index is -0.963. The quantitative estimate of drug-likeness (QED) is 0.710. The largest absolute Gasteiger partial charge is 0.478 e. The highest BCUT2D eigenvalue weighted by Gasteiger charge is 2.20. The maximum atomic E-state index is 11.5. The Bertz CT molecular complexity index is 766. The van der Waals surface area contributed by atoms with Gasteiger partial charge in [-0.3, -0.25) is 0 Å². The third-order valence-corrected chi connectivity index (χ3v) is 3.49. The van der Waals surface area contributed by atoms with E-state index in [0.717, 1.165) is 9.13 Å². The minimum Gasteiger partial charge on any atom is -0.478 e. The Morgan fingerprint density at radius 2 is 1.89 bits per heavy atom. The molecular formula is C14H9IN2O2. The van der Waals surface area contributed by atoms with Crippen molar-refractivity contribution in [2.45, 2.75) is 0 Å². The smallest absolute Gasteiger partial charge is 0.340 e. The number of hydrogen-bond donors (Lipinski definition) is 1. The van der Waals surface area contributed by atoms with E-state index < -0.39 is 5.97 Å². The van der Waals surface area contributed by atoms with Crippen LogP contribution in [-0.4, -0.2) is 20.7 Å². The van der Waals surface area contributed by atoms with E-state index in [1.54, 1.807) is 10.6 Å². The van der Waals surface area contributed by atoms with Crippen LogP contribution in [0.2, 0.25) is 0 Å². The number of aromatic carboxylic acids is 1. The molecule has 0 fully saturated rings. The molecule has 4 nitrogen and oxygen atoms in total. The predicted octanol–water partition coefficient (Wildman–Crippen LogP) is 3.30. The molecule has 0 amide bonds. The molecule has 0 saturated carbocycles. The number of fused-ring (bicyclic) bond motifs is 1. The lowest BCUT2D eigenvalue weighted by Crippen LogP contribution is -1.97. The number of carboxylic acids is 1. The van der Waals surface area contributed by atoms with Gasteiger partial charge >= 0.3 is 5.97 Å². The second kappa shape index (κ2) is 4.65. The van der Waals surface area contributed by atoms with Crippen molar-refractivity contribution in [2.75, 3.05) is 0 Å². The van der Waals surface area contributed by atoms with Crippen LogP contribution in [0.25, 0.3) is 16.8 Å². The van der Waals surface area contributed by atoms with Crippen LogP contribution in [0.15, 0.2) is 48.7 Å². The molecule has 0 saturated heterocycles. The summed E-state index contributed by atoms with van der Waals surface area (Å²) in [5.74, 6) is -0.963. The molecule has 0 aliphatic carbocycles. The monoisotopic (exact) mass is 364 g/mol. The zero-order valence-electron chi connectivity index (χ0n) is 9.75. The number of hydrogen-bond acceptors (Lipinski definition) is 2. The first-order chi connectivity index (χ1) is 9.16. The summed E-state index contributed by atoms with van der Waals surface area (Å²) < 4.78 is 2.62. The number of halogens is 1. The summed E-state index contributed by atoms with van der Waals surface area (Å²) in [5, 5.41) is 13.8. The summed E-state index contributed by atoms with van der Waals surface area (Å²) in [4.78, 5) is 11.5. The molecule has 1 aromatic carbocycles. The fraction of sp³-hybridized carbons (Fsp3) is 0. The molecule has 0 unspecified atom stereocenters. The molecule has 0 radical (unpaired) electrons. The van der Waals surface area contributed by atoms with Gasteiger partial charge in [-0.1, -0.05) is 30.3 Å². The van der Waals surface area contributed by atoms with Gasteiger partial charge in [0.05, 0.1) is 5.52 Å². The van der Waals surface area contributed by atoms with Gasteiger partial charge in [-0.15, -0.1) is 0 Å². The highest BCUT2D eigenvalue weighted by Crippen LogP contribution is 2.26. The Labute approximate surface area is 122 Å². The molecule has 1 N–H and O–H groups in total. The maximum Gasteiger partial charge on any atom is 0.340 e. The number of nitrogens with zero attached hydrogens (tertiary/aromatic N) is 2. The van der Waals surface area contributed by atoms with E-state index in [-0.39, 0.29) is 5.56 Å². The Morgan fingerprint density at radius 1 is 1.16 bits per heavy atom. The molecule has 2 heterocycles. The lowest BCUT2D eigenvalue weighted by Gasteiger charge is -1.97. The summed E-state index contributed by atoms with van der Waals surface area (Å²) in [6.45, 7) is 0. The summed E-state index contributed by atoms with van der Waals surface area (Å²) in [6.07, 6.45) is 1.81. The molecule has 0 bridgehead atoms. The van der Waals surface area contributed by atoms with E-state index >= 15 is 0 Å². The van der Waals surface area contributed by atoms with Crippen LogP contribution in [-0.2, 0) is 0 Å². The number of carbonyl (C=O) groups is 1. The normalized spacial score (nSPS) is 10.8. The molecule has 0 spiro atoms. The Morgan fingerprint density at radius 3 is 2.58 bits per heavy atom. The zero-order chi connectivity index (χ0) is 13.4. The highest BCUT2D eigenvalue weighted by molar-refractivity contribution is 14.1. The Hall–Kier alpha value is -1.89. The van der Waals surface area contributed by atoms with Crippen molar-refractivity contribution in [3.05, 3.63) is 57.8 Å².